The predicted molar refractivity (Wildman–Crippen MR) is 160 cm³/mol. The van der Waals surface area contributed by atoms with Gasteiger partial charge in [-0.15, -0.1) is 0 Å². The number of nitrogens with zero attached hydrogens (tertiary/aromatic N) is 1. The van der Waals surface area contributed by atoms with E-state index in [4.69, 9.17) is 4.74 Å². The second kappa shape index (κ2) is 15.5. The molecule has 0 aliphatic carbocycles. The topological polar surface area (TPSA) is 125 Å². The quantitative estimate of drug-likeness (QED) is 0.278. The fourth-order valence-corrected chi connectivity index (χ4v) is 4.80. The normalized spacial score (nSPS) is 18.1. The van der Waals surface area contributed by atoms with E-state index < -0.39 is 29.7 Å². The van der Waals surface area contributed by atoms with E-state index in [1.54, 1.807) is 6.07 Å². The Bertz CT molecular complexity index is 1410. The zero-order chi connectivity index (χ0) is 29.7. The number of fused-ring (bicyclic) bond motifs is 1. The van der Waals surface area contributed by atoms with Crippen molar-refractivity contribution in [3.05, 3.63) is 90.5 Å². The molecule has 0 bridgehead atoms. The van der Waals surface area contributed by atoms with Gasteiger partial charge in [-0.25, -0.2) is 0 Å². The van der Waals surface area contributed by atoms with Gasteiger partial charge in [0.05, 0.1) is 12.5 Å². The Morgan fingerprint density at radius 2 is 1.74 bits per heavy atom. The standard InChI is InChI=1S/C33H37N3O6/c37-19-18-36(22-24-10-4-3-5-11-24)30(38)21-27-14-6-1-2-7-15-31(39)42-23-29(35-32(27)40)33(41)34-28-17-16-25-12-8-9-13-26(25)20-28/h1,3-6,8-13,16-17,20,27,29,37H,2,7,14-15,18-19,21-23H2,(H,34,41)(H,35,40)/t27-,29+/m1/s1. The summed E-state index contributed by atoms with van der Waals surface area (Å²) >= 11 is 0. The molecule has 3 aromatic rings. The predicted octanol–water partition coefficient (Wildman–Crippen LogP) is 3.96. The van der Waals surface area contributed by atoms with Crippen LogP contribution in [0.25, 0.3) is 10.8 Å². The van der Waals surface area contributed by atoms with Crippen LogP contribution in [0, 0.1) is 5.92 Å². The van der Waals surface area contributed by atoms with Crippen LogP contribution in [0.2, 0.25) is 0 Å². The number of anilines is 1. The lowest BCUT2D eigenvalue weighted by Gasteiger charge is -2.25. The molecule has 0 saturated heterocycles. The van der Waals surface area contributed by atoms with E-state index in [9.17, 15) is 24.3 Å². The van der Waals surface area contributed by atoms with Gasteiger partial charge in [-0.1, -0.05) is 72.8 Å². The highest BCUT2D eigenvalue weighted by Gasteiger charge is 2.29. The molecule has 220 valence electrons. The maximum atomic E-state index is 13.5. The molecular weight excluding hydrogens is 534 g/mol. The summed E-state index contributed by atoms with van der Waals surface area (Å²) in [4.78, 5) is 54.0. The summed E-state index contributed by atoms with van der Waals surface area (Å²) in [5, 5.41) is 17.1. The van der Waals surface area contributed by atoms with Crippen molar-refractivity contribution >= 4 is 40.2 Å². The first-order chi connectivity index (χ1) is 20.4. The van der Waals surface area contributed by atoms with E-state index in [1.165, 1.54) is 4.90 Å². The highest BCUT2D eigenvalue weighted by Crippen LogP contribution is 2.20. The molecule has 2 atom stereocenters. The van der Waals surface area contributed by atoms with Gasteiger partial charge in [0.1, 0.15) is 12.6 Å². The maximum Gasteiger partial charge on any atom is 0.305 e. The molecular formula is C33H37N3O6. The van der Waals surface area contributed by atoms with Crippen LogP contribution in [0.1, 0.15) is 37.7 Å². The Labute approximate surface area is 245 Å². The summed E-state index contributed by atoms with van der Waals surface area (Å²) in [6.07, 6.45) is 5.26. The number of allylic oxidation sites excluding steroid dienone is 2. The molecule has 1 heterocycles. The molecule has 9 heteroatoms. The largest absolute Gasteiger partial charge is 0.463 e. The minimum absolute atomic E-state index is 0.109. The van der Waals surface area contributed by atoms with E-state index in [0.29, 0.717) is 25.1 Å². The highest BCUT2D eigenvalue weighted by molar-refractivity contribution is 5.99. The molecule has 0 radical (unpaired) electrons. The lowest BCUT2D eigenvalue weighted by atomic mass is 9.98. The van der Waals surface area contributed by atoms with Crippen LogP contribution < -0.4 is 10.6 Å². The molecule has 0 fully saturated rings. The molecule has 3 amide bonds. The van der Waals surface area contributed by atoms with Crippen LogP contribution in [0.3, 0.4) is 0 Å². The van der Waals surface area contributed by atoms with Gasteiger partial charge in [-0.05, 0) is 47.7 Å². The number of amides is 3. The van der Waals surface area contributed by atoms with E-state index in [2.05, 4.69) is 10.6 Å². The fraction of sp³-hybridized carbons (Fsp3) is 0.333. The summed E-state index contributed by atoms with van der Waals surface area (Å²) in [5.74, 6) is -2.53. The SMILES string of the molecule is O=C1CCCC=CC[C@H](CC(=O)N(CCO)Cc2ccccc2)C(=O)N[C@H](C(=O)Nc2ccc3ccccc3c2)CO1. The Morgan fingerprint density at radius 1 is 0.976 bits per heavy atom. The van der Waals surface area contributed by atoms with Crippen LogP contribution in [0.15, 0.2) is 84.9 Å². The van der Waals surface area contributed by atoms with Gasteiger partial charge >= 0.3 is 5.97 Å². The Morgan fingerprint density at radius 3 is 2.52 bits per heavy atom. The van der Waals surface area contributed by atoms with Gasteiger partial charge in [-0.3, -0.25) is 19.2 Å². The monoisotopic (exact) mass is 571 g/mol. The molecule has 1 aliphatic heterocycles. The minimum Gasteiger partial charge on any atom is -0.463 e. The number of aliphatic hydroxyl groups is 1. The third-order valence-corrected chi connectivity index (χ3v) is 7.13. The smallest absolute Gasteiger partial charge is 0.305 e. The number of carbonyl (C=O) groups excluding carboxylic acids is 4. The van der Waals surface area contributed by atoms with Crippen molar-refractivity contribution in [1.82, 2.24) is 10.2 Å². The van der Waals surface area contributed by atoms with E-state index in [-0.39, 0.29) is 44.9 Å². The van der Waals surface area contributed by atoms with Crippen molar-refractivity contribution < 1.29 is 29.0 Å². The number of ether oxygens (including phenoxy) is 1. The van der Waals surface area contributed by atoms with Gasteiger partial charge in [-0.2, -0.15) is 0 Å². The van der Waals surface area contributed by atoms with E-state index in [1.807, 2.05) is 78.9 Å². The number of benzene rings is 3. The van der Waals surface area contributed by atoms with Crippen LogP contribution >= 0.6 is 0 Å². The molecule has 4 rings (SSSR count). The average Bonchev–Trinajstić information content (AvgIpc) is 3.01. The molecule has 9 nitrogen and oxygen atoms in total. The summed E-state index contributed by atoms with van der Waals surface area (Å²) in [6, 6.07) is 21.5. The number of aliphatic hydroxyl groups excluding tert-OH is 1. The summed E-state index contributed by atoms with van der Waals surface area (Å²) < 4.78 is 5.36. The second-order valence-corrected chi connectivity index (χ2v) is 10.3. The molecule has 0 aromatic heterocycles. The average molecular weight is 572 g/mol. The first-order valence-corrected chi connectivity index (χ1v) is 14.3. The van der Waals surface area contributed by atoms with Crippen molar-refractivity contribution in [3.63, 3.8) is 0 Å². The number of hydrogen-bond acceptors (Lipinski definition) is 6. The zero-order valence-electron chi connectivity index (χ0n) is 23.5. The number of rotatable bonds is 8. The van der Waals surface area contributed by atoms with Crippen LogP contribution in [-0.2, 0) is 30.5 Å². The Hall–Kier alpha value is -4.50. The van der Waals surface area contributed by atoms with Crippen molar-refractivity contribution in [1.29, 1.82) is 0 Å². The van der Waals surface area contributed by atoms with Gasteiger partial charge in [0, 0.05) is 31.6 Å². The number of cyclic esters (lactones) is 1. The van der Waals surface area contributed by atoms with Gasteiger partial charge < -0.3 is 25.4 Å². The lowest BCUT2D eigenvalue weighted by Crippen LogP contribution is -2.49. The second-order valence-electron chi connectivity index (χ2n) is 10.3. The first kappa shape index (κ1) is 30.5. The lowest BCUT2D eigenvalue weighted by molar-refractivity contribution is -0.146. The maximum absolute atomic E-state index is 13.5. The Balaban J connectivity index is 1.50. The molecule has 0 unspecified atom stereocenters. The number of esters is 1. The van der Waals surface area contributed by atoms with Crippen LogP contribution in [-0.4, -0.2) is 59.5 Å². The van der Waals surface area contributed by atoms with Gasteiger partial charge in [0.2, 0.25) is 11.8 Å². The highest BCUT2D eigenvalue weighted by atomic mass is 16.5. The fourth-order valence-electron chi connectivity index (χ4n) is 4.80. The molecule has 0 saturated carbocycles. The number of hydrogen-bond donors (Lipinski definition) is 3. The van der Waals surface area contributed by atoms with E-state index in [0.717, 1.165) is 16.3 Å². The van der Waals surface area contributed by atoms with Crippen LogP contribution in [0.5, 0.6) is 0 Å². The van der Waals surface area contributed by atoms with Gasteiger partial charge in [0.25, 0.3) is 5.91 Å². The van der Waals surface area contributed by atoms with Crippen molar-refractivity contribution in [2.45, 2.75) is 44.7 Å². The van der Waals surface area contributed by atoms with Crippen molar-refractivity contribution in [2.24, 2.45) is 5.92 Å². The molecule has 3 aromatic carbocycles. The molecule has 0 spiro atoms. The van der Waals surface area contributed by atoms with Crippen LogP contribution in [0.4, 0.5) is 5.69 Å². The summed E-state index contributed by atoms with van der Waals surface area (Å²) in [5.41, 5.74) is 1.45. The minimum atomic E-state index is -1.16. The zero-order valence-corrected chi connectivity index (χ0v) is 23.5. The van der Waals surface area contributed by atoms with Crippen molar-refractivity contribution in [2.75, 3.05) is 25.1 Å². The first-order valence-electron chi connectivity index (χ1n) is 14.3. The number of carbonyl (C=O) groups is 4. The third-order valence-electron chi connectivity index (χ3n) is 7.13. The molecule has 42 heavy (non-hydrogen) atoms. The molecule has 1 aliphatic rings. The summed E-state index contributed by atoms with van der Waals surface area (Å²) in [6.45, 7) is -0.109. The third kappa shape index (κ3) is 9.01. The van der Waals surface area contributed by atoms with Gasteiger partial charge in [0.15, 0.2) is 0 Å². The van der Waals surface area contributed by atoms with E-state index >= 15 is 0 Å². The Kier molecular flexibility index (Phi) is 11.2. The summed E-state index contributed by atoms with van der Waals surface area (Å²) in [7, 11) is 0. The number of nitrogens with one attached hydrogen (secondary N) is 2. The molecule has 3 N–H and O–H groups in total. The van der Waals surface area contributed by atoms with Crippen molar-refractivity contribution in [3.8, 4) is 0 Å².